The van der Waals surface area contributed by atoms with Gasteiger partial charge in [-0.2, -0.15) is 0 Å². The molecule has 2 N–H and O–H groups in total. The molecule has 1 heterocycles. The van der Waals surface area contributed by atoms with E-state index in [1.54, 1.807) is 37.4 Å². The van der Waals surface area contributed by atoms with Gasteiger partial charge in [-0.3, -0.25) is 9.59 Å². The molecule has 2 unspecified atom stereocenters. The molecule has 37 heavy (non-hydrogen) atoms. The van der Waals surface area contributed by atoms with E-state index in [1.165, 1.54) is 17.8 Å². The highest BCUT2D eigenvalue weighted by atomic mass is 35.5. The van der Waals surface area contributed by atoms with Gasteiger partial charge in [-0.05, 0) is 79.5 Å². The molecule has 0 radical (unpaired) electrons. The number of benzene rings is 2. The first-order valence-corrected chi connectivity index (χ1v) is 13.8. The van der Waals surface area contributed by atoms with Crippen molar-refractivity contribution in [1.82, 2.24) is 10.6 Å². The normalized spacial score (nSPS) is 18.9. The summed E-state index contributed by atoms with van der Waals surface area (Å²) in [5.74, 6) is 1.48. The second-order valence-corrected chi connectivity index (χ2v) is 12.1. The van der Waals surface area contributed by atoms with Gasteiger partial charge in [0.2, 0.25) is 5.91 Å². The minimum atomic E-state index is -0.998. The fourth-order valence-corrected chi connectivity index (χ4v) is 6.39. The molecule has 2 aliphatic rings. The summed E-state index contributed by atoms with van der Waals surface area (Å²) < 4.78 is 11.6. The maximum absolute atomic E-state index is 13.5. The second kappa shape index (κ2) is 10.2. The Morgan fingerprint density at radius 1 is 1.08 bits per heavy atom. The van der Waals surface area contributed by atoms with Crippen molar-refractivity contribution >= 4 is 46.4 Å². The minimum Gasteiger partial charge on any atom is -0.497 e. The summed E-state index contributed by atoms with van der Waals surface area (Å²) in [7, 11) is 1.58. The summed E-state index contributed by atoms with van der Waals surface area (Å²) in [5.41, 5.74) is 0.102. The lowest BCUT2D eigenvalue weighted by atomic mass is 9.75. The highest BCUT2D eigenvalue weighted by Crippen LogP contribution is 2.68. The van der Waals surface area contributed by atoms with Gasteiger partial charge in [-0.15, -0.1) is 11.3 Å². The number of carbonyl (C=O) groups is 2. The van der Waals surface area contributed by atoms with Crippen molar-refractivity contribution in [2.75, 3.05) is 7.11 Å². The van der Waals surface area contributed by atoms with E-state index in [1.807, 2.05) is 31.2 Å². The van der Waals surface area contributed by atoms with Crippen molar-refractivity contribution in [3.8, 4) is 17.2 Å². The first-order valence-electron chi connectivity index (χ1n) is 12.2. The first-order chi connectivity index (χ1) is 17.7. The van der Waals surface area contributed by atoms with Crippen LogP contribution in [0.25, 0.3) is 0 Å². The Labute approximate surface area is 230 Å². The van der Waals surface area contributed by atoms with Crippen LogP contribution in [0.3, 0.4) is 0 Å². The largest absolute Gasteiger partial charge is 0.497 e. The molecule has 6 nitrogen and oxygen atoms in total. The molecule has 5 rings (SSSR count). The fourth-order valence-electron chi connectivity index (χ4n) is 5.24. The number of halogens is 2. The number of rotatable bonds is 9. The van der Waals surface area contributed by atoms with Crippen LogP contribution >= 0.6 is 34.5 Å². The van der Waals surface area contributed by atoms with Gasteiger partial charge in [0.15, 0.2) is 0 Å². The lowest BCUT2D eigenvalue weighted by Crippen LogP contribution is -2.59. The van der Waals surface area contributed by atoms with Crippen molar-refractivity contribution in [3.05, 3.63) is 74.4 Å². The van der Waals surface area contributed by atoms with E-state index >= 15 is 0 Å². The third-order valence-electron chi connectivity index (χ3n) is 7.62. The number of ether oxygens (including phenoxy) is 2. The Bertz CT molecular complexity index is 1320. The summed E-state index contributed by atoms with van der Waals surface area (Å²) in [5, 5.41) is 6.55. The molecule has 2 aliphatic carbocycles. The number of nitrogens with one attached hydrogen (secondary N) is 2. The lowest BCUT2D eigenvalue weighted by molar-refractivity contribution is -0.128. The number of thiophene rings is 1. The summed E-state index contributed by atoms with van der Waals surface area (Å²) in [6.45, 7) is 2.18. The lowest BCUT2D eigenvalue weighted by Gasteiger charge is -2.36. The molecule has 2 saturated carbocycles. The third-order valence-corrected chi connectivity index (χ3v) is 9.15. The average molecular weight is 560 g/mol. The molecule has 0 saturated heterocycles. The van der Waals surface area contributed by atoms with Gasteiger partial charge in [-0.25, -0.2) is 0 Å². The van der Waals surface area contributed by atoms with Gasteiger partial charge in [0, 0.05) is 12.6 Å². The van der Waals surface area contributed by atoms with Crippen LogP contribution < -0.4 is 20.1 Å². The monoisotopic (exact) mass is 558 g/mol. The van der Waals surface area contributed by atoms with Gasteiger partial charge in [-0.1, -0.05) is 41.8 Å². The molecule has 2 aromatic carbocycles. The highest BCUT2D eigenvalue weighted by molar-refractivity contribution is 7.18. The van der Waals surface area contributed by atoms with Crippen LogP contribution in [0.4, 0.5) is 0 Å². The zero-order valence-electron chi connectivity index (χ0n) is 20.6. The quantitative estimate of drug-likeness (QED) is 0.301. The van der Waals surface area contributed by atoms with E-state index in [4.69, 9.17) is 32.7 Å². The van der Waals surface area contributed by atoms with Crippen LogP contribution in [-0.4, -0.2) is 24.5 Å². The zero-order chi connectivity index (χ0) is 26.2. The number of hydrogen-bond donors (Lipinski definition) is 2. The second-order valence-electron chi connectivity index (χ2n) is 9.96. The van der Waals surface area contributed by atoms with E-state index in [-0.39, 0.29) is 23.1 Å². The smallest absolute Gasteiger partial charge is 0.262 e. The van der Waals surface area contributed by atoms with Crippen LogP contribution in [0, 0.1) is 11.3 Å². The molecular formula is C28H28Cl2N2O4S. The van der Waals surface area contributed by atoms with Crippen LogP contribution in [0.2, 0.25) is 9.36 Å². The predicted octanol–water partition coefficient (Wildman–Crippen LogP) is 6.85. The molecule has 2 fully saturated rings. The average Bonchev–Trinajstić information content (AvgIpc) is 3.52. The van der Waals surface area contributed by atoms with Crippen molar-refractivity contribution in [1.29, 1.82) is 0 Å². The highest BCUT2D eigenvalue weighted by Gasteiger charge is 2.66. The van der Waals surface area contributed by atoms with Crippen molar-refractivity contribution < 1.29 is 19.1 Å². The molecule has 3 aromatic rings. The topological polar surface area (TPSA) is 76.7 Å². The third kappa shape index (κ3) is 5.31. The summed E-state index contributed by atoms with van der Waals surface area (Å²) >= 11 is 13.5. The van der Waals surface area contributed by atoms with Gasteiger partial charge >= 0.3 is 0 Å². The molecular weight excluding hydrogens is 531 g/mol. The summed E-state index contributed by atoms with van der Waals surface area (Å²) in [6, 6.07) is 16.0. The van der Waals surface area contributed by atoms with E-state index < -0.39 is 5.54 Å². The Morgan fingerprint density at radius 3 is 2.38 bits per heavy atom. The number of amides is 2. The van der Waals surface area contributed by atoms with Gasteiger partial charge in [0.1, 0.15) is 22.8 Å². The molecule has 2 amide bonds. The van der Waals surface area contributed by atoms with Crippen LogP contribution in [0.5, 0.6) is 17.2 Å². The Morgan fingerprint density at radius 2 is 1.81 bits per heavy atom. The zero-order valence-corrected chi connectivity index (χ0v) is 22.9. The molecule has 1 spiro atoms. The van der Waals surface area contributed by atoms with Gasteiger partial charge in [0.05, 0.1) is 21.3 Å². The molecule has 0 aliphatic heterocycles. The number of hydrogen-bond acceptors (Lipinski definition) is 5. The minimum absolute atomic E-state index is 0.123. The van der Waals surface area contributed by atoms with E-state index in [2.05, 4.69) is 10.6 Å². The maximum atomic E-state index is 13.5. The molecule has 1 aromatic heterocycles. The molecule has 194 valence electrons. The first kappa shape index (κ1) is 25.9. The van der Waals surface area contributed by atoms with Crippen molar-refractivity contribution in [2.24, 2.45) is 11.3 Å². The fraction of sp³-hybridized carbons (Fsp3) is 0.357. The van der Waals surface area contributed by atoms with Crippen LogP contribution in [0.15, 0.2) is 54.6 Å². The summed E-state index contributed by atoms with van der Waals surface area (Å²) in [4.78, 5) is 27.0. The standard InChI is InChI=1S/C28H28Cl2N2O4S/c1-27(23-15-28(23)12-3-13-28,32-25(33)22-10-11-24(30)37-22)26(34)31-16-17-4-6-18(7-5-17)36-21-9-8-19(35-2)14-20(21)29/h4-11,14,23H,3,12-13,15-16H2,1-2H3,(H,31,34)(H,32,33). The summed E-state index contributed by atoms with van der Waals surface area (Å²) in [6.07, 6.45) is 4.36. The van der Waals surface area contributed by atoms with Crippen LogP contribution in [0.1, 0.15) is 47.8 Å². The number of methoxy groups -OCH3 is 1. The Kier molecular flexibility index (Phi) is 7.14. The van der Waals surface area contributed by atoms with E-state index in [9.17, 15) is 9.59 Å². The van der Waals surface area contributed by atoms with Crippen molar-refractivity contribution in [3.63, 3.8) is 0 Å². The molecule has 9 heteroatoms. The van der Waals surface area contributed by atoms with E-state index in [0.29, 0.717) is 38.0 Å². The van der Waals surface area contributed by atoms with Gasteiger partial charge < -0.3 is 20.1 Å². The van der Waals surface area contributed by atoms with Crippen molar-refractivity contribution in [2.45, 2.75) is 44.7 Å². The van der Waals surface area contributed by atoms with E-state index in [0.717, 1.165) is 24.8 Å². The molecule has 2 atom stereocenters. The van der Waals surface area contributed by atoms with Gasteiger partial charge in [0.25, 0.3) is 5.91 Å². The number of carbonyl (C=O) groups excluding carboxylic acids is 2. The maximum Gasteiger partial charge on any atom is 0.262 e. The molecule has 0 bridgehead atoms. The Balaban J connectivity index is 1.24. The SMILES string of the molecule is COc1ccc(Oc2ccc(CNC(=O)C(C)(NC(=O)c3ccc(Cl)s3)C3CC34CCC4)cc2)c(Cl)c1. The Hall–Kier alpha value is -2.74. The predicted molar refractivity (Wildman–Crippen MR) is 146 cm³/mol. The van der Waals surface area contributed by atoms with Crippen LogP contribution in [-0.2, 0) is 11.3 Å².